The molecule has 6 nitrogen and oxygen atoms in total. The van der Waals surface area contributed by atoms with E-state index in [-0.39, 0.29) is 6.61 Å². The fraction of sp³-hybridized carbons (Fsp3) is 0.588. The molecule has 0 aliphatic rings. The first-order valence-electron chi connectivity index (χ1n) is 7.35. The molecule has 0 spiro atoms. The van der Waals surface area contributed by atoms with E-state index in [0.717, 1.165) is 5.56 Å². The maximum absolute atomic E-state index is 12.0. The highest BCUT2D eigenvalue weighted by atomic mass is 16.7. The number of carbonyl (C=O) groups excluding carboxylic acids is 1. The standard InChI is InChI=1S/C17H26O6/c1-17(2,16(21-4)22-5)14(18)13(15(19)20-3)23-11-12-9-7-6-8-10-12/h6-10,13-14,16,18H,11H2,1-5H3/t13-,14+/m1/s1. The van der Waals surface area contributed by atoms with Gasteiger partial charge in [-0.1, -0.05) is 44.2 Å². The van der Waals surface area contributed by atoms with Gasteiger partial charge in [0, 0.05) is 19.6 Å². The highest BCUT2D eigenvalue weighted by Crippen LogP contribution is 2.31. The van der Waals surface area contributed by atoms with Gasteiger partial charge < -0.3 is 24.1 Å². The van der Waals surface area contributed by atoms with E-state index in [4.69, 9.17) is 18.9 Å². The Balaban J connectivity index is 2.90. The molecule has 0 saturated heterocycles. The van der Waals surface area contributed by atoms with E-state index >= 15 is 0 Å². The molecule has 0 saturated carbocycles. The van der Waals surface area contributed by atoms with E-state index in [0.29, 0.717) is 0 Å². The molecule has 130 valence electrons. The molecule has 1 aromatic carbocycles. The molecule has 2 atom stereocenters. The van der Waals surface area contributed by atoms with Crippen molar-refractivity contribution >= 4 is 5.97 Å². The van der Waals surface area contributed by atoms with Crippen LogP contribution in [0.25, 0.3) is 0 Å². The number of rotatable bonds is 9. The predicted octanol–water partition coefficient (Wildman–Crippen LogP) is 1.75. The molecule has 0 aromatic heterocycles. The zero-order chi connectivity index (χ0) is 17.5. The number of hydrogen-bond acceptors (Lipinski definition) is 6. The molecular weight excluding hydrogens is 300 g/mol. The van der Waals surface area contributed by atoms with Crippen molar-refractivity contribution < 1.29 is 28.8 Å². The fourth-order valence-corrected chi connectivity index (χ4v) is 2.40. The van der Waals surface area contributed by atoms with Crippen molar-refractivity contribution in [2.24, 2.45) is 5.41 Å². The summed E-state index contributed by atoms with van der Waals surface area (Å²) in [7, 11) is 4.20. The molecule has 0 unspecified atom stereocenters. The van der Waals surface area contributed by atoms with Crippen LogP contribution in [0.2, 0.25) is 0 Å². The van der Waals surface area contributed by atoms with Crippen LogP contribution in [0.4, 0.5) is 0 Å². The summed E-state index contributed by atoms with van der Waals surface area (Å²) in [5.74, 6) is -0.646. The minimum Gasteiger partial charge on any atom is -0.467 e. The predicted molar refractivity (Wildman–Crippen MR) is 84.6 cm³/mol. The number of carbonyl (C=O) groups is 1. The number of aliphatic hydroxyl groups is 1. The molecule has 1 N–H and O–H groups in total. The molecule has 0 aliphatic heterocycles. The zero-order valence-electron chi connectivity index (χ0n) is 14.3. The van der Waals surface area contributed by atoms with Crippen LogP contribution in [-0.4, -0.2) is 50.9 Å². The Morgan fingerprint density at radius 3 is 2.17 bits per heavy atom. The van der Waals surface area contributed by atoms with E-state index in [2.05, 4.69) is 0 Å². The molecule has 0 aliphatic carbocycles. The number of benzene rings is 1. The Morgan fingerprint density at radius 1 is 1.13 bits per heavy atom. The monoisotopic (exact) mass is 326 g/mol. The van der Waals surface area contributed by atoms with Crippen molar-refractivity contribution in [1.29, 1.82) is 0 Å². The third kappa shape index (κ3) is 5.00. The largest absolute Gasteiger partial charge is 0.467 e. The summed E-state index contributed by atoms with van der Waals surface area (Å²) < 4.78 is 20.8. The number of hydrogen-bond donors (Lipinski definition) is 1. The molecule has 1 rings (SSSR count). The maximum atomic E-state index is 12.0. The number of methoxy groups -OCH3 is 3. The van der Waals surface area contributed by atoms with E-state index in [1.807, 2.05) is 30.3 Å². The van der Waals surface area contributed by atoms with E-state index in [1.165, 1.54) is 21.3 Å². The summed E-state index contributed by atoms with van der Waals surface area (Å²) in [6.45, 7) is 3.65. The Hall–Kier alpha value is -1.47. The lowest BCUT2D eigenvalue weighted by Gasteiger charge is -2.38. The van der Waals surface area contributed by atoms with Crippen molar-refractivity contribution in [3.05, 3.63) is 35.9 Å². The van der Waals surface area contributed by atoms with Gasteiger partial charge >= 0.3 is 5.97 Å². The molecule has 1 aromatic rings. The van der Waals surface area contributed by atoms with Crippen LogP contribution in [0, 0.1) is 5.41 Å². The van der Waals surface area contributed by atoms with Crippen molar-refractivity contribution in [2.75, 3.05) is 21.3 Å². The van der Waals surface area contributed by atoms with Gasteiger partial charge in [0.1, 0.15) is 6.10 Å². The number of ether oxygens (including phenoxy) is 4. The number of aliphatic hydroxyl groups excluding tert-OH is 1. The minimum absolute atomic E-state index is 0.179. The van der Waals surface area contributed by atoms with Crippen LogP contribution in [0.15, 0.2) is 30.3 Å². The maximum Gasteiger partial charge on any atom is 0.337 e. The lowest BCUT2D eigenvalue weighted by molar-refractivity contribution is -0.221. The minimum atomic E-state index is -1.18. The van der Waals surface area contributed by atoms with Crippen molar-refractivity contribution in [3.8, 4) is 0 Å². The van der Waals surface area contributed by atoms with Gasteiger partial charge in [-0.3, -0.25) is 0 Å². The highest BCUT2D eigenvalue weighted by Gasteiger charge is 2.45. The normalized spacial score (nSPS) is 14.6. The van der Waals surface area contributed by atoms with E-state index < -0.39 is 29.9 Å². The lowest BCUT2D eigenvalue weighted by Crippen LogP contribution is -2.52. The summed E-state index contributed by atoms with van der Waals surface area (Å²) >= 11 is 0. The Bertz CT molecular complexity index is 469. The van der Waals surface area contributed by atoms with Gasteiger partial charge in [-0.15, -0.1) is 0 Å². The molecule has 0 bridgehead atoms. The van der Waals surface area contributed by atoms with E-state index in [1.54, 1.807) is 13.8 Å². The van der Waals surface area contributed by atoms with Crippen molar-refractivity contribution in [3.63, 3.8) is 0 Å². The van der Waals surface area contributed by atoms with Gasteiger partial charge in [0.15, 0.2) is 12.4 Å². The van der Waals surface area contributed by atoms with Gasteiger partial charge in [-0.25, -0.2) is 4.79 Å². The molecule has 23 heavy (non-hydrogen) atoms. The zero-order valence-corrected chi connectivity index (χ0v) is 14.3. The van der Waals surface area contributed by atoms with Gasteiger partial charge in [0.25, 0.3) is 0 Å². The SMILES string of the molecule is COC(=O)[C@H](OCc1ccccc1)[C@H](O)C(C)(C)C(OC)OC. The second-order valence-electron chi connectivity index (χ2n) is 5.81. The molecular formula is C17H26O6. The smallest absolute Gasteiger partial charge is 0.337 e. The lowest BCUT2D eigenvalue weighted by atomic mass is 9.82. The van der Waals surface area contributed by atoms with Crippen LogP contribution in [0.5, 0.6) is 0 Å². The fourth-order valence-electron chi connectivity index (χ4n) is 2.40. The second-order valence-corrected chi connectivity index (χ2v) is 5.81. The third-order valence-electron chi connectivity index (χ3n) is 3.79. The Kier molecular flexibility index (Phi) is 7.64. The van der Waals surface area contributed by atoms with Crippen molar-refractivity contribution in [1.82, 2.24) is 0 Å². The van der Waals surface area contributed by atoms with Crippen LogP contribution >= 0.6 is 0 Å². The Labute approximate surface area is 137 Å². The molecule has 0 radical (unpaired) electrons. The third-order valence-corrected chi connectivity index (χ3v) is 3.79. The molecule has 6 heteroatoms. The van der Waals surface area contributed by atoms with Crippen LogP contribution in [0.1, 0.15) is 19.4 Å². The average molecular weight is 326 g/mol. The highest BCUT2D eigenvalue weighted by molar-refractivity contribution is 5.75. The average Bonchev–Trinajstić information content (AvgIpc) is 2.56. The first-order chi connectivity index (χ1) is 10.9. The topological polar surface area (TPSA) is 74.2 Å². The molecule has 0 amide bonds. The molecule has 0 fully saturated rings. The summed E-state index contributed by atoms with van der Waals surface area (Å²) in [6, 6.07) is 9.38. The summed E-state index contributed by atoms with van der Waals surface area (Å²) in [4.78, 5) is 12.0. The van der Waals surface area contributed by atoms with Gasteiger partial charge in [-0.05, 0) is 5.56 Å². The van der Waals surface area contributed by atoms with Gasteiger partial charge in [0.2, 0.25) is 0 Å². The molecule has 0 heterocycles. The van der Waals surface area contributed by atoms with E-state index in [9.17, 15) is 9.90 Å². The van der Waals surface area contributed by atoms with Crippen LogP contribution < -0.4 is 0 Å². The van der Waals surface area contributed by atoms with Gasteiger partial charge in [-0.2, -0.15) is 0 Å². The second kappa shape index (κ2) is 8.98. The quantitative estimate of drug-likeness (QED) is 0.550. The van der Waals surface area contributed by atoms with Crippen LogP contribution in [0.3, 0.4) is 0 Å². The van der Waals surface area contributed by atoms with Crippen molar-refractivity contribution in [2.45, 2.75) is 39.0 Å². The first-order valence-corrected chi connectivity index (χ1v) is 7.35. The Morgan fingerprint density at radius 2 is 1.70 bits per heavy atom. The summed E-state index contributed by atoms with van der Waals surface area (Å²) in [6.07, 6.45) is -3.03. The summed E-state index contributed by atoms with van der Waals surface area (Å²) in [5, 5.41) is 10.7. The summed E-state index contributed by atoms with van der Waals surface area (Å²) in [5.41, 5.74) is 0.000388. The first kappa shape index (κ1) is 19.6. The van der Waals surface area contributed by atoms with Gasteiger partial charge in [0.05, 0.1) is 13.7 Å². The number of esters is 1. The van der Waals surface area contributed by atoms with Crippen LogP contribution in [-0.2, 0) is 30.3 Å².